The number of ether oxygens (including phenoxy) is 1. The summed E-state index contributed by atoms with van der Waals surface area (Å²) in [4.78, 5) is 22.5. The van der Waals surface area contributed by atoms with Gasteiger partial charge in [0.1, 0.15) is 17.4 Å². The van der Waals surface area contributed by atoms with Crippen molar-refractivity contribution in [2.75, 3.05) is 25.4 Å². The van der Waals surface area contributed by atoms with E-state index < -0.39 is 0 Å². The second-order valence-corrected chi connectivity index (χ2v) is 6.19. The Kier molecular flexibility index (Phi) is 5.42. The van der Waals surface area contributed by atoms with Crippen molar-refractivity contribution >= 4 is 11.7 Å². The number of hydrogen-bond donors (Lipinski definition) is 1. The third-order valence-corrected chi connectivity index (χ3v) is 4.32. The van der Waals surface area contributed by atoms with Crippen LogP contribution in [-0.4, -0.2) is 40.5 Å². The number of benzene rings is 1. The minimum Gasteiger partial charge on any atom is -0.484 e. The molecule has 2 heterocycles. The van der Waals surface area contributed by atoms with Crippen LogP contribution in [0.5, 0.6) is 5.75 Å². The molecule has 1 fully saturated rings. The lowest BCUT2D eigenvalue weighted by atomic mass is 9.93. The Balaban J connectivity index is 1.53. The van der Waals surface area contributed by atoms with Crippen LogP contribution in [0.3, 0.4) is 0 Å². The van der Waals surface area contributed by atoms with Gasteiger partial charge in [-0.2, -0.15) is 0 Å². The van der Waals surface area contributed by atoms with E-state index in [4.69, 9.17) is 10.5 Å². The Morgan fingerprint density at radius 1 is 1.36 bits per heavy atom. The van der Waals surface area contributed by atoms with Crippen LogP contribution < -0.4 is 10.5 Å². The molecule has 1 saturated heterocycles. The van der Waals surface area contributed by atoms with Crippen molar-refractivity contribution in [3.8, 4) is 5.75 Å². The lowest BCUT2D eigenvalue weighted by Crippen LogP contribution is -2.42. The molecule has 7 heteroatoms. The average molecular weight is 344 g/mol. The van der Waals surface area contributed by atoms with Gasteiger partial charge in [0.15, 0.2) is 6.61 Å². The Morgan fingerprint density at radius 2 is 2.20 bits per heavy atom. The van der Waals surface area contributed by atoms with Gasteiger partial charge < -0.3 is 15.4 Å². The standard InChI is InChI=1S/C18H21FN4O2/c19-14-4-1-5-15(10-14)25-12-17(24)23-8-2-3-13(11-23)9-16-18(20)22-7-6-21-16/h1,4-7,10,13H,2-3,8-9,11-12H2,(H2,20,22)/t13-/m0/s1. The first-order chi connectivity index (χ1) is 12.1. The van der Waals surface area contributed by atoms with Crippen LogP contribution in [0, 0.1) is 11.7 Å². The van der Waals surface area contributed by atoms with E-state index in [-0.39, 0.29) is 18.3 Å². The van der Waals surface area contributed by atoms with E-state index >= 15 is 0 Å². The van der Waals surface area contributed by atoms with Gasteiger partial charge in [-0.3, -0.25) is 9.78 Å². The van der Waals surface area contributed by atoms with Gasteiger partial charge in [0, 0.05) is 31.5 Å². The molecular weight excluding hydrogens is 323 g/mol. The van der Waals surface area contributed by atoms with Gasteiger partial charge in [-0.25, -0.2) is 9.37 Å². The second kappa shape index (κ2) is 7.92. The summed E-state index contributed by atoms with van der Waals surface area (Å²) < 4.78 is 18.5. The molecule has 0 unspecified atom stereocenters. The summed E-state index contributed by atoms with van der Waals surface area (Å²) >= 11 is 0. The highest BCUT2D eigenvalue weighted by molar-refractivity contribution is 5.77. The first-order valence-electron chi connectivity index (χ1n) is 8.33. The van der Waals surface area contributed by atoms with E-state index in [9.17, 15) is 9.18 Å². The third-order valence-electron chi connectivity index (χ3n) is 4.32. The van der Waals surface area contributed by atoms with Gasteiger partial charge in [0.2, 0.25) is 0 Å². The monoisotopic (exact) mass is 344 g/mol. The van der Waals surface area contributed by atoms with E-state index in [0.29, 0.717) is 37.0 Å². The fourth-order valence-electron chi connectivity index (χ4n) is 3.06. The maximum atomic E-state index is 13.1. The molecule has 0 spiro atoms. The number of rotatable bonds is 5. The lowest BCUT2D eigenvalue weighted by Gasteiger charge is -2.32. The predicted octanol–water partition coefficient (Wildman–Crippen LogP) is 2.06. The van der Waals surface area contributed by atoms with Crippen molar-refractivity contribution in [2.45, 2.75) is 19.3 Å². The molecule has 0 aliphatic carbocycles. The molecule has 0 radical (unpaired) electrons. The zero-order valence-corrected chi connectivity index (χ0v) is 13.9. The SMILES string of the molecule is Nc1nccnc1C[C@@H]1CCCN(C(=O)COc2cccc(F)c2)C1. The highest BCUT2D eigenvalue weighted by atomic mass is 19.1. The molecule has 0 saturated carbocycles. The fraction of sp³-hybridized carbons (Fsp3) is 0.389. The van der Waals surface area contributed by atoms with E-state index in [1.807, 2.05) is 0 Å². The van der Waals surface area contributed by atoms with Crippen molar-refractivity contribution < 1.29 is 13.9 Å². The number of amides is 1. The largest absolute Gasteiger partial charge is 0.484 e. The number of halogens is 1. The van der Waals surface area contributed by atoms with Crippen molar-refractivity contribution in [1.82, 2.24) is 14.9 Å². The Bertz CT molecular complexity index is 741. The summed E-state index contributed by atoms with van der Waals surface area (Å²) in [6.07, 6.45) is 5.85. The number of hydrogen-bond acceptors (Lipinski definition) is 5. The minimum absolute atomic E-state index is 0.0938. The quantitative estimate of drug-likeness (QED) is 0.898. The van der Waals surface area contributed by atoms with E-state index in [1.165, 1.54) is 12.1 Å². The number of carbonyl (C=O) groups excluding carboxylic acids is 1. The maximum absolute atomic E-state index is 13.1. The Labute approximate surface area is 145 Å². The molecule has 1 aromatic heterocycles. The molecule has 6 nitrogen and oxygen atoms in total. The molecule has 3 rings (SSSR count). The van der Waals surface area contributed by atoms with Gasteiger partial charge >= 0.3 is 0 Å². The molecule has 1 atom stereocenters. The van der Waals surface area contributed by atoms with E-state index in [2.05, 4.69) is 9.97 Å². The number of nitrogens with two attached hydrogens (primary N) is 1. The first-order valence-corrected chi connectivity index (χ1v) is 8.33. The van der Waals surface area contributed by atoms with E-state index in [0.717, 1.165) is 18.5 Å². The second-order valence-electron chi connectivity index (χ2n) is 6.19. The lowest BCUT2D eigenvalue weighted by molar-refractivity contribution is -0.135. The number of likely N-dealkylation sites (tertiary alicyclic amines) is 1. The summed E-state index contributed by atoms with van der Waals surface area (Å²) in [5.74, 6) is 0.617. The summed E-state index contributed by atoms with van der Waals surface area (Å²) in [5, 5.41) is 0. The fourth-order valence-corrected chi connectivity index (χ4v) is 3.06. The summed E-state index contributed by atoms with van der Waals surface area (Å²) in [5.41, 5.74) is 6.63. The number of nitrogen functional groups attached to an aromatic ring is 1. The van der Waals surface area contributed by atoms with Crippen LogP contribution in [-0.2, 0) is 11.2 Å². The molecule has 1 aliphatic heterocycles. The summed E-state index contributed by atoms with van der Waals surface area (Å²) in [7, 11) is 0. The van der Waals surface area contributed by atoms with Gasteiger partial charge in [0.05, 0.1) is 5.69 Å². The van der Waals surface area contributed by atoms with Crippen LogP contribution in [0.1, 0.15) is 18.5 Å². The zero-order chi connectivity index (χ0) is 17.6. The molecule has 1 amide bonds. The Hall–Kier alpha value is -2.70. The number of aromatic nitrogens is 2. The molecule has 132 valence electrons. The van der Waals surface area contributed by atoms with Crippen molar-refractivity contribution in [1.29, 1.82) is 0 Å². The van der Waals surface area contributed by atoms with Crippen LogP contribution >= 0.6 is 0 Å². The smallest absolute Gasteiger partial charge is 0.260 e. The first kappa shape index (κ1) is 17.1. The van der Waals surface area contributed by atoms with Gasteiger partial charge in [-0.1, -0.05) is 6.07 Å². The molecule has 1 aliphatic rings. The third kappa shape index (κ3) is 4.65. The normalized spacial score (nSPS) is 17.3. The number of piperidine rings is 1. The highest BCUT2D eigenvalue weighted by Gasteiger charge is 2.25. The van der Waals surface area contributed by atoms with Crippen LogP contribution in [0.2, 0.25) is 0 Å². The molecule has 1 aromatic carbocycles. The minimum atomic E-state index is -0.385. The molecule has 0 bridgehead atoms. The summed E-state index contributed by atoms with van der Waals surface area (Å²) in [6.45, 7) is 1.25. The molecule has 25 heavy (non-hydrogen) atoms. The summed E-state index contributed by atoms with van der Waals surface area (Å²) in [6, 6.07) is 5.79. The van der Waals surface area contributed by atoms with Crippen molar-refractivity contribution in [3.63, 3.8) is 0 Å². The maximum Gasteiger partial charge on any atom is 0.260 e. The molecule has 2 N–H and O–H groups in total. The van der Waals surface area contributed by atoms with Crippen LogP contribution in [0.4, 0.5) is 10.2 Å². The van der Waals surface area contributed by atoms with Crippen molar-refractivity contribution in [2.24, 2.45) is 5.92 Å². The molecular formula is C18H21FN4O2. The van der Waals surface area contributed by atoms with Crippen molar-refractivity contribution in [3.05, 3.63) is 48.2 Å². The van der Waals surface area contributed by atoms with E-state index in [1.54, 1.807) is 29.4 Å². The van der Waals surface area contributed by atoms with Crippen LogP contribution in [0.25, 0.3) is 0 Å². The zero-order valence-electron chi connectivity index (χ0n) is 13.9. The Morgan fingerprint density at radius 3 is 3.00 bits per heavy atom. The molecule has 2 aromatic rings. The van der Waals surface area contributed by atoms with Gasteiger partial charge in [0.25, 0.3) is 5.91 Å². The van der Waals surface area contributed by atoms with Crippen LogP contribution in [0.15, 0.2) is 36.7 Å². The van der Waals surface area contributed by atoms with Gasteiger partial charge in [-0.05, 0) is 37.3 Å². The average Bonchev–Trinajstić information content (AvgIpc) is 2.62. The number of anilines is 1. The predicted molar refractivity (Wildman–Crippen MR) is 91.3 cm³/mol. The van der Waals surface area contributed by atoms with Gasteiger partial charge in [-0.15, -0.1) is 0 Å². The number of carbonyl (C=O) groups is 1. The topological polar surface area (TPSA) is 81.3 Å². The number of nitrogens with zero attached hydrogens (tertiary/aromatic N) is 3. The highest BCUT2D eigenvalue weighted by Crippen LogP contribution is 2.22.